The second kappa shape index (κ2) is 8.47. The van der Waals surface area contributed by atoms with Gasteiger partial charge in [0.25, 0.3) is 5.91 Å². The summed E-state index contributed by atoms with van der Waals surface area (Å²) in [6, 6.07) is 11.5. The van der Waals surface area contributed by atoms with Crippen LogP contribution in [0.5, 0.6) is 0 Å². The number of hydrogen-bond acceptors (Lipinski definition) is 3. The normalized spacial score (nSPS) is 14.0. The minimum Gasteiger partial charge on any atom is -0.370 e. The van der Waals surface area contributed by atoms with E-state index in [1.807, 2.05) is 24.3 Å². The number of amides is 1. The third-order valence-corrected chi connectivity index (χ3v) is 4.77. The van der Waals surface area contributed by atoms with Gasteiger partial charge in [-0.3, -0.25) is 10.1 Å². The molecule has 1 aliphatic rings. The highest BCUT2D eigenvalue weighted by Gasteiger charge is 2.16. The lowest BCUT2D eigenvalue weighted by atomic mass is 10.1. The van der Waals surface area contributed by atoms with Crippen LogP contribution < -0.4 is 15.5 Å². The fourth-order valence-electron chi connectivity index (χ4n) is 2.99. The standard InChI is InChI=1S/C19H19ClFN3OS/c20-15-12-13(21)8-9-14(15)18(25)23-19(26)22-16-6-2-3-7-17(16)24-10-4-1-5-11-24/h2-3,6-9,12H,1,4-5,10-11H2,(H2,22,23,25,26). The van der Waals surface area contributed by atoms with Gasteiger partial charge in [0.05, 0.1) is 22.0 Å². The van der Waals surface area contributed by atoms with Crippen molar-refractivity contribution in [2.45, 2.75) is 19.3 Å². The number of thiocarbonyl (C=S) groups is 1. The first-order valence-corrected chi connectivity index (χ1v) is 9.24. The molecule has 0 spiro atoms. The van der Waals surface area contributed by atoms with Gasteiger partial charge in [-0.1, -0.05) is 23.7 Å². The lowest BCUT2D eigenvalue weighted by Gasteiger charge is -2.30. The number of anilines is 2. The molecule has 0 bridgehead atoms. The van der Waals surface area contributed by atoms with Gasteiger partial charge in [0.2, 0.25) is 0 Å². The molecule has 7 heteroatoms. The second-order valence-corrected chi connectivity index (χ2v) is 6.91. The van der Waals surface area contributed by atoms with Crippen LogP contribution in [0.4, 0.5) is 15.8 Å². The van der Waals surface area contributed by atoms with Crippen molar-refractivity contribution in [1.82, 2.24) is 5.32 Å². The molecular formula is C19H19ClFN3OS. The summed E-state index contributed by atoms with van der Waals surface area (Å²) in [6.07, 6.45) is 3.58. The third-order valence-electron chi connectivity index (χ3n) is 4.25. The van der Waals surface area contributed by atoms with E-state index in [-0.39, 0.29) is 15.7 Å². The monoisotopic (exact) mass is 391 g/mol. The number of rotatable bonds is 3. The Bertz CT molecular complexity index is 824. The lowest BCUT2D eigenvalue weighted by molar-refractivity contribution is 0.0978. The second-order valence-electron chi connectivity index (χ2n) is 6.10. The van der Waals surface area contributed by atoms with Gasteiger partial charge in [0, 0.05) is 13.1 Å². The third kappa shape index (κ3) is 4.51. The van der Waals surface area contributed by atoms with Crippen molar-refractivity contribution >= 4 is 46.2 Å². The van der Waals surface area contributed by atoms with Crippen molar-refractivity contribution in [3.05, 3.63) is 58.9 Å². The first-order valence-electron chi connectivity index (χ1n) is 8.46. The van der Waals surface area contributed by atoms with Crippen molar-refractivity contribution in [3.63, 3.8) is 0 Å². The SMILES string of the molecule is O=C(NC(=S)Nc1ccccc1N1CCCCC1)c1ccc(F)cc1Cl. The Morgan fingerprint density at radius 1 is 1.12 bits per heavy atom. The molecule has 2 aromatic rings. The van der Waals surface area contributed by atoms with Crippen molar-refractivity contribution in [2.24, 2.45) is 0 Å². The van der Waals surface area contributed by atoms with Crippen molar-refractivity contribution in [1.29, 1.82) is 0 Å². The quantitative estimate of drug-likeness (QED) is 0.751. The van der Waals surface area contributed by atoms with Crippen molar-refractivity contribution < 1.29 is 9.18 Å². The first-order chi connectivity index (χ1) is 12.5. The molecule has 4 nitrogen and oxygen atoms in total. The zero-order valence-corrected chi connectivity index (χ0v) is 15.7. The van der Waals surface area contributed by atoms with Crippen LogP contribution in [-0.2, 0) is 0 Å². The highest BCUT2D eigenvalue weighted by Crippen LogP contribution is 2.28. The molecule has 1 fully saturated rings. The smallest absolute Gasteiger partial charge is 0.258 e. The van der Waals surface area contributed by atoms with E-state index >= 15 is 0 Å². The average Bonchev–Trinajstić information content (AvgIpc) is 2.62. The highest BCUT2D eigenvalue weighted by molar-refractivity contribution is 7.80. The van der Waals surface area contributed by atoms with Gasteiger partial charge in [0.15, 0.2) is 5.11 Å². The maximum atomic E-state index is 13.1. The summed E-state index contributed by atoms with van der Waals surface area (Å²) in [7, 11) is 0. The molecule has 0 aromatic heterocycles. The average molecular weight is 392 g/mol. The summed E-state index contributed by atoms with van der Waals surface area (Å²) in [6.45, 7) is 2.01. The van der Waals surface area contributed by atoms with E-state index in [1.54, 1.807) is 0 Å². The maximum Gasteiger partial charge on any atom is 0.258 e. The Labute approximate surface area is 162 Å². The summed E-state index contributed by atoms with van der Waals surface area (Å²) in [4.78, 5) is 14.6. The van der Waals surface area contributed by atoms with E-state index in [2.05, 4.69) is 15.5 Å². The van der Waals surface area contributed by atoms with Crippen LogP contribution in [0.25, 0.3) is 0 Å². The van der Waals surface area contributed by atoms with Gasteiger partial charge in [-0.25, -0.2) is 4.39 Å². The van der Waals surface area contributed by atoms with Crippen LogP contribution >= 0.6 is 23.8 Å². The van der Waals surface area contributed by atoms with Crippen molar-refractivity contribution in [3.8, 4) is 0 Å². The summed E-state index contributed by atoms with van der Waals surface area (Å²) in [5.41, 5.74) is 2.06. The van der Waals surface area contributed by atoms with Crippen molar-refractivity contribution in [2.75, 3.05) is 23.3 Å². The van der Waals surface area contributed by atoms with Gasteiger partial charge in [-0.15, -0.1) is 0 Å². The molecular weight excluding hydrogens is 373 g/mol. The van der Waals surface area contributed by atoms with E-state index < -0.39 is 11.7 Å². The number of nitrogens with zero attached hydrogens (tertiary/aromatic N) is 1. The predicted octanol–water partition coefficient (Wildman–Crippen LogP) is 4.60. The number of carbonyl (C=O) groups is 1. The van der Waals surface area contributed by atoms with Crippen LogP contribution in [0.3, 0.4) is 0 Å². The van der Waals surface area contributed by atoms with Crippen LogP contribution in [0.15, 0.2) is 42.5 Å². The fourth-order valence-corrected chi connectivity index (χ4v) is 3.44. The predicted molar refractivity (Wildman–Crippen MR) is 108 cm³/mol. The number of nitrogens with one attached hydrogen (secondary N) is 2. The maximum absolute atomic E-state index is 13.1. The Morgan fingerprint density at radius 3 is 2.58 bits per heavy atom. The molecule has 1 heterocycles. The Balaban J connectivity index is 1.69. The molecule has 1 saturated heterocycles. The number of hydrogen-bond donors (Lipinski definition) is 2. The molecule has 0 unspecified atom stereocenters. The lowest BCUT2D eigenvalue weighted by Crippen LogP contribution is -2.35. The molecule has 0 aliphatic carbocycles. The van der Waals surface area contributed by atoms with Gasteiger partial charge in [0.1, 0.15) is 5.82 Å². The van der Waals surface area contributed by atoms with Gasteiger partial charge in [-0.2, -0.15) is 0 Å². The Kier molecular flexibility index (Phi) is 6.06. The molecule has 2 N–H and O–H groups in total. The van der Waals surface area contributed by atoms with E-state index in [9.17, 15) is 9.18 Å². The van der Waals surface area contributed by atoms with Crippen LogP contribution in [0.2, 0.25) is 5.02 Å². The van der Waals surface area contributed by atoms with E-state index in [1.165, 1.54) is 31.4 Å². The molecule has 3 rings (SSSR count). The highest BCUT2D eigenvalue weighted by atomic mass is 35.5. The van der Waals surface area contributed by atoms with Gasteiger partial charge < -0.3 is 10.2 Å². The summed E-state index contributed by atoms with van der Waals surface area (Å²) in [5.74, 6) is -0.981. The molecule has 136 valence electrons. The first kappa shape index (κ1) is 18.6. The number of halogens is 2. The molecule has 2 aromatic carbocycles. The molecule has 0 atom stereocenters. The number of piperidine rings is 1. The molecule has 0 saturated carbocycles. The fraction of sp³-hybridized carbons (Fsp3) is 0.263. The van der Waals surface area contributed by atoms with Crippen LogP contribution in [-0.4, -0.2) is 24.1 Å². The van der Waals surface area contributed by atoms with Gasteiger partial charge >= 0.3 is 0 Å². The minimum atomic E-state index is -0.497. The van der Waals surface area contributed by atoms with Gasteiger partial charge in [-0.05, 0) is 61.8 Å². The van der Waals surface area contributed by atoms with Crippen LogP contribution in [0.1, 0.15) is 29.6 Å². The molecule has 1 amide bonds. The van der Waals surface area contributed by atoms with E-state index in [0.29, 0.717) is 0 Å². The number of benzene rings is 2. The minimum absolute atomic E-state index is 0.0408. The Hall–Kier alpha value is -2.18. The van der Waals surface area contributed by atoms with E-state index in [0.717, 1.165) is 30.5 Å². The van der Waals surface area contributed by atoms with Crippen LogP contribution in [0, 0.1) is 5.82 Å². The van der Waals surface area contributed by atoms with E-state index in [4.69, 9.17) is 23.8 Å². The zero-order chi connectivity index (χ0) is 18.5. The largest absolute Gasteiger partial charge is 0.370 e. The zero-order valence-electron chi connectivity index (χ0n) is 14.1. The summed E-state index contributed by atoms with van der Waals surface area (Å²) >= 11 is 11.2. The summed E-state index contributed by atoms with van der Waals surface area (Å²) < 4.78 is 13.1. The molecule has 0 radical (unpaired) electrons. The Morgan fingerprint density at radius 2 is 1.85 bits per heavy atom. The molecule has 26 heavy (non-hydrogen) atoms. The number of carbonyl (C=O) groups excluding carboxylic acids is 1. The number of para-hydroxylation sites is 2. The summed E-state index contributed by atoms with van der Waals surface area (Å²) in [5, 5.41) is 5.88. The topological polar surface area (TPSA) is 44.4 Å². The molecule has 1 aliphatic heterocycles.